The van der Waals surface area contributed by atoms with Crippen LogP contribution in [0.1, 0.15) is 252 Å². The molecular weight excluding hydrogens is 1090 g/mol. The minimum absolute atomic E-state index is 0.0758. The molecule has 87 heavy (non-hydrogen) atoms. The number of carboxylic acid groups (broad SMARTS) is 1. The van der Waals surface area contributed by atoms with Crippen molar-refractivity contribution in [3.8, 4) is 0 Å². The van der Waals surface area contributed by atoms with Crippen molar-refractivity contribution >= 4 is 23.9 Å². The van der Waals surface area contributed by atoms with Gasteiger partial charge in [-0.1, -0.05) is 250 Å². The van der Waals surface area contributed by atoms with Gasteiger partial charge in [0, 0.05) is 19.3 Å². The largest absolute Gasteiger partial charge is 0.479 e. The number of rotatable bonds is 56. The van der Waals surface area contributed by atoms with Gasteiger partial charge >= 0.3 is 23.9 Å². The Morgan fingerprint density at radius 3 is 1.17 bits per heavy atom. The van der Waals surface area contributed by atoms with E-state index < -0.39 is 67.3 Å². The molecule has 0 spiro atoms. The number of hydrogen-bond donors (Lipinski definition) is 3. The number of allylic oxidation sites excluding steroid dienone is 24. The summed E-state index contributed by atoms with van der Waals surface area (Å²) in [6.45, 7) is 5.72. The Kier molecular flexibility index (Phi) is 55.7. The van der Waals surface area contributed by atoms with Crippen LogP contribution in [0.5, 0.6) is 0 Å². The molecule has 12 nitrogen and oxygen atoms in total. The molecule has 490 valence electrons. The number of ether oxygens (including phenoxy) is 5. The molecule has 1 aliphatic heterocycles. The average Bonchev–Trinajstić information content (AvgIpc) is 2.60. The maximum Gasteiger partial charge on any atom is 0.335 e. The molecule has 0 bridgehead atoms. The van der Waals surface area contributed by atoms with Gasteiger partial charge in [-0.3, -0.25) is 14.4 Å². The topological polar surface area (TPSA) is 175 Å². The van der Waals surface area contributed by atoms with E-state index in [2.05, 4.69) is 148 Å². The molecule has 0 aromatic carbocycles. The first-order chi connectivity index (χ1) is 42.6. The second-order valence-electron chi connectivity index (χ2n) is 22.3. The van der Waals surface area contributed by atoms with E-state index in [4.69, 9.17) is 23.7 Å². The molecule has 0 aromatic rings. The summed E-state index contributed by atoms with van der Waals surface area (Å²) in [7, 11) is 0. The second kappa shape index (κ2) is 60.9. The molecule has 1 heterocycles. The van der Waals surface area contributed by atoms with E-state index in [9.17, 15) is 34.5 Å². The second-order valence-corrected chi connectivity index (χ2v) is 22.3. The number of hydrogen-bond acceptors (Lipinski definition) is 11. The van der Waals surface area contributed by atoms with Crippen molar-refractivity contribution in [2.75, 3.05) is 13.2 Å². The molecule has 0 amide bonds. The summed E-state index contributed by atoms with van der Waals surface area (Å²) < 4.78 is 28.5. The van der Waals surface area contributed by atoms with Crippen LogP contribution in [0.3, 0.4) is 0 Å². The summed E-state index contributed by atoms with van der Waals surface area (Å²) >= 11 is 0. The molecule has 1 fully saturated rings. The molecule has 0 aromatic heterocycles. The number of esters is 3. The Morgan fingerprint density at radius 2 is 0.747 bits per heavy atom. The number of aliphatic carboxylic acids is 1. The van der Waals surface area contributed by atoms with Crippen molar-refractivity contribution in [3.63, 3.8) is 0 Å². The third-order valence-corrected chi connectivity index (χ3v) is 14.4. The van der Waals surface area contributed by atoms with Crippen molar-refractivity contribution < 1.29 is 58.2 Å². The van der Waals surface area contributed by atoms with Crippen molar-refractivity contribution in [2.24, 2.45) is 0 Å². The van der Waals surface area contributed by atoms with Crippen molar-refractivity contribution in [1.29, 1.82) is 0 Å². The lowest BCUT2D eigenvalue weighted by Gasteiger charge is -2.40. The van der Waals surface area contributed by atoms with Crippen LogP contribution >= 0.6 is 0 Å². The van der Waals surface area contributed by atoms with Gasteiger partial charge in [-0.2, -0.15) is 0 Å². The van der Waals surface area contributed by atoms with E-state index in [0.717, 1.165) is 116 Å². The Bertz CT molecular complexity index is 2070. The normalized spacial score (nSPS) is 18.3. The average molecular weight is 1210 g/mol. The van der Waals surface area contributed by atoms with Crippen LogP contribution in [0, 0.1) is 0 Å². The third-order valence-electron chi connectivity index (χ3n) is 14.4. The predicted octanol–water partition coefficient (Wildman–Crippen LogP) is 18.7. The molecule has 1 rings (SSSR count). The van der Waals surface area contributed by atoms with E-state index in [1.54, 1.807) is 0 Å². The summed E-state index contributed by atoms with van der Waals surface area (Å²) in [5.74, 6) is -3.29. The molecule has 3 N–H and O–H groups in total. The molecule has 1 aliphatic rings. The molecule has 6 unspecified atom stereocenters. The first-order valence-corrected chi connectivity index (χ1v) is 33.8. The monoisotopic (exact) mass is 1210 g/mol. The van der Waals surface area contributed by atoms with E-state index >= 15 is 0 Å². The maximum absolute atomic E-state index is 13.2. The number of carboxylic acids is 1. The number of aliphatic hydroxyl groups is 2. The lowest BCUT2D eigenvalue weighted by Crippen LogP contribution is -2.61. The molecule has 0 radical (unpaired) electrons. The predicted molar refractivity (Wildman–Crippen MR) is 358 cm³/mol. The van der Waals surface area contributed by atoms with Gasteiger partial charge in [-0.05, 0) is 128 Å². The zero-order chi connectivity index (χ0) is 63.1. The summed E-state index contributed by atoms with van der Waals surface area (Å²) in [6, 6.07) is 0. The van der Waals surface area contributed by atoms with Crippen molar-refractivity contribution in [3.05, 3.63) is 146 Å². The number of carbonyl (C=O) groups excluding carboxylic acids is 3. The van der Waals surface area contributed by atoms with Crippen molar-refractivity contribution in [2.45, 2.75) is 289 Å². The smallest absolute Gasteiger partial charge is 0.335 e. The van der Waals surface area contributed by atoms with E-state index in [1.807, 2.05) is 18.2 Å². The van der Waals surface area contributed by atoms with Crippen LogP contribution in [0.25, 0.3) is 0 Å². The Hall–Kier alpha value is -5.40. The first-order valence-electron chi connectivity index (χ1n) is 33.8. The van der Waals surface area contributed by atoms with Crippen molar-refractivity contribution in [1.82, 2.24) is 0 Å². The highest BCUT2D eigenvalue weighted by Crippen LogP contribution is 2.26. The summed E-state index contributed by atoms with van der Waals surface area (Å²) in [5, 5.41) is 31.6. The fourth-order valence-corrected chi connectivity index (χ4v) is 9.30. The Labute approximate surface area is 527 Å². The van der Waals surface area contributed by atoms with Crippen LogP contribution < -0.4 is 0 Å². The van der Waals surface area contributed by atoms with Gasteiger partial charge in [0.2, 0.25) is 0 Å². The summed E-state index contributed by atoms with van der Waals surface area (Å²) in [5.41, 5.74) is 0. The Balaban J connectivity index is 2.73. The quantitative estimate of drug-likeness (QED) is 0.0228. The van der Waals surface area contributed by atoms with Crippen LogP contribution in [0.15, 0.2) is 146 Å². The molecule has 12 heteroatoms. The minimum Gasteiger partial charge on any atom is -0.479 e. The van der Waals surface area contributed by atoms with Gasteiger partial charge in [0.1, 0.15) is 18.8 Å². The lowest BCUT2D eigenvalue weighted by atomic mass is 9.98. The number of aliphatic hydroxyl groups excluding tert-OH is 2. The van der Waals surface area contributed by atoms with Gasteiger partial charge in [0.15, 0.2) is 24.6 Å². The minimum atomic E-state index is -1.94. The standard InChI is InChI=1S/C75H118O12/c1-4-7-10-13-16-19-22-25-28-31-34-37-40-43-46-49-52-55-58-61-67(76)83-64-66(85-68(77)62-59-56-53-50-47-44-41-38-35-32-29-26-23-20-17-14-11-8-5-2)65-84-75-73(71(80)70(79)72(87-75)74(81)82)86-69(78)63-60-57-54-51-48-45-42-39-36-33-30-27-24-21-18-15-12-9-6-3/h7,9-10,12,16,18-19,21,25-30,34,36-37,39,43,45-46,48,54,57,66,70-73,75,79-80H,4-6,8,11,13-15,17,20,22-24,31-33,35,38,40-42,44,47,49-53,55-56,58-65H2,1-3H3,(H,81,82)/b10-7-,12-9-,19-16-,21-18-,28-25-,29-26-,30-27-,37-34-,39-36-,46-43-,48-45-,57-54-. The zero-order valence-electron chi connectivity index (χ0n) is 54.2. The number of unbranched alkanes of at least 4 members (excludes halogenated alkanes) is 18. The van der Waals surface area contributed by atoms with E-state index in [0.29, 0.717) is 25.7 Å². The third kappa shape index (κ3) is 50.2. The highest BCUT2D eigenvalue weighted by molar-refractivity contribution is 5.74. The fraction of sp³-hybridized carbons (Fsp3) is 0.627. The summed E-state index contributed by atoms with van der Waals surface area (Å²) in [6.07, 6.45) is 75.3. The van der Waals surface area contributed by atoms with Crippen LogP contribution in [0.2, 0.25) is 0 Å². The van der Waals surface area contributed by atoms with Gasteiger partial charge in [0.05, 0.1) is 6.61 Å². The van der Waals surface area contributed by atoms with Crippen LogP contribution in [-0.4, -0.2) is 89.2 Å². The molecule has 0 aliphatic carbocycles. The van der Waals surface area contributed by atoms with Gasteiger partial charge in [0.25, 0.3) is 0 Å². The zero-order valence-corrected chi connectivity index (χ0v) is 54.2. The Morgan fingerprint density at radius 1 is 0.391 bits per heavy atom. The molecule has 1 saturated heterocycles. The lowest BCUT2D eigenvalue weighted by molar-refractivity contribution is -0.301. The fourth-order valence-electron chi connectivity index (χ4n) is 9.30. The summed E-state index contributed by atoms with van der Waals surface area (Å²) in [4.78, 5) is 51.4. The number of carbonyl (C=O) groups is 4. The van der Waals surface area contributed by atoms with Crippen LogP contribution in [-0.2, 0) is 42.9 Å². The van der Waals surface area contributed by atoms with E-state index in [-0.39, 0.29) is 25.9 Å². The molecule has 0 saturated carbocycles. The van der Waals surface area contributed by atoms with Gasteiger partial charge in [-0.15, -0.1) is 0 Å². The van der Waals surface area contributed by atoms with Gasteiger partial charge in [-0.25, -0.2) is 4.79 Å². The van der Waals surface area contributed by atoms with E-state index in [1.165, 1.54) is 70.6 Å². The SMILES string of the molecule is CC/C=C\C/C=C\C/C=C\C/C=C\C/C=C\C/C=C\CCC(=O)OC1C(OCC(COC(=O)CCCCC/C=C\C/C=C\C/C=C\C/C=C\C/C=C\CC)OC(=O)CCCCCCCCCCC/C=C\CCCCCCCC)OC(C(=O)O)C(O)C1O. The molecular formula is C75H118O12. The highest BCUT2D eigenvalue weighted by Gasteiger charge is 2.50. The molecule has 6 atom stereocenters. The van der Waals surface area contributed by atoms with Gasteiger partial charge < -0.3 is 39.0 Å². The highest BCUT2D eigenvalue weighted by atomic mass is 16.7. The first kappa shape index (κ1) is 79.6. The maximum atomic E-state index is 13.2. The van der Waals surface area contributed by atoms with Crippen LogP contribution in [0.4, 0.5) is 0 Å².